The summed E-state index contributed by atoms with van der Waals surface area (Å²) in [6.07, 6.45) is 1.61. The van der Waals surface area contributed by atoms with Gasteiger partial charge in [0.1, 0.15) is 5.75 Å². The number of halogens is 3. The number of hydrogen-bond donors (Lipinski definition) is 1. The molecule has 0 saturated heterocycles. The van der Waals surface area contributed by atoms with Crippen molar-refractivity contribution in [2.75, 3.05) is 5.32 Å². The number of anilines is 1. The minimum absolute atomic E-state index is 0.144. The van der Waals surface area contributed by atoms with Crippen molar-refractivity contribution in [3.63, 3.8) is 0 Å². The van der Waals surface area contributed by atoms with Crippen molar-refractivity contribution in [2.45, 2.75) is 26.5 Å². The van der Waals surface area contributed by atoms with Gasteiger partial charge >= 0.3 is 6.61 Å². The lowest BCUT2D eigenvalue weighted by Gasteiger charge is -2.20. The van der Waals surface area contributed by atoms with E-state index in [2.05, 4.69) is 15.0 Å². The highest BCUT2D eigenvalue weighted by molar-refractivity contribution is 6.32. The Balaban J connectivity index is 2.26. The molecule has 1 unspecified atom stereocenters. The van der Waals surface area contributed by atoms with Gasteiger partial charge in [0.25, 0.3) is 0 Å². The molecule has 3 nitrogen and oxygen atoms in total. The van der Waals surface area contributed by atoms with Crippen LogP contribution in [0.3, 0.4) is 0 Å². The molecular formula is C15H15ClF2N2O. The zero-order valence-corrected chi connectivity index (χ0v) is 12.4. The van der Waals surface area contributed by atoms with Crippen molar-refractivity contribution < 1.29 is 13.5 Å². The third-order valence-corrected chi connectivity index (χ3v) is 3.36. The lowest BCUT2D eigenvalue weighted by atomic mass is 10.1. The molecule has 0 aliphatic carbocycles. The van der Waals surface area contributed by atoms with Crippen molar-refractivity contribution in [3.05, 3.63) is 52.8 Å². The molecule has 2 rings (SSSR count). The Morgan fingerprint density at radius 1 is 1.24 bits per heavy atom. The lowest BCUT2D eigenvalue weighted by Crippen LogP contribution is -2.12. The second-order valence-corrected chi connectivity index (χ2v) is 4.93. The third kappa shape index (κ3) is 3.82. The molecule has 112 valence electrons. The lowest BCUT2D eigenvalue weighted by molar-refractivity contribution is -0.0505. The number of pyridine rings is 1. The molecule has 0 bridgehead atoms. The minimum atomic E-state index is -2.86. The topological polar surface area (TPSA) is 34.2 Å². The number of alkyl halides is 2. The Hall–Kier alpha value is -1.88. The minimum Gasteiger partial charge on any atom is -0.434 e. The summed E-state index contributed by atoms with van der Waals surface area (Å²) in [7, 11) is 0. The van der Waals surface area contributed by atoms with Crippen molar-refractivity contribution in [1.82, 2.24) is 4.98 Å². The molecular weight excluding hydrogens is 298 g/mol. The number of benzene rings is 1. The maximum Gasteiger partial charge on any atom is 0.387 e. The molecule has 1 N–H and O–H groups in total. The monoisotopic (exact) mass is 312 g/mol. The number of nitrogens with one attached hydrogen (secondary N) is 1. The molecule has 0 spiro atoms. The van der Waals surface area contributed by atoms with Crippen molar-refractivity contribution in [1.29, 1.82) is 0 Å². The summed E-state index contributed by atoms with van der Waals surface area (Å²) < 4.78 is 29.4. The second kappa shape index (κ2) is 6.72. The number of nitrogens with zero attached hydrogens (tertiary/aromatic N) is 1. The maximum atomic E-state index is 12.4. The largest absolute Gasteiger partial charge is 0.434 e. The van der Waals surface area contributed by atoms with Crippen LogP contribution in [0.25, 0.3) is 0 Å². The molecule has 1 aromatic carbocycles. The number of hydrogen-bond acceptors (Lipinski definition) is 3. The molecule has 6 heteroatoms. The average Bonchev–Trinajstić information content (AvgIpc) is 2.43. The quantitative estimate of drug-likeness (QED) is 0.804. The fraction of sp³-hybridized carbons (Fsp3) is 0.267. The summed E-state index contributed by atoms with van der Waals surface area (Å²) in [6.45, 7) is 0.878. The fourth-order valence-corrected chi connectivity index (χ4v) is 2.29. The third-order valence-electron chi connectivity index (χ3n) is 3.08. The SMILES string of the molecule is Cc1ccnc(Cl)c1NC(C)c1ccccc1OC(F)F. The van der Waals surface area contributed by atoms with Crippen LogP contribution in [0.5, 0.6) is 5.75 Å². The Kier molecular flexibility index (Phi) is 4.96. The second-order valence-electron chi connectivity index (χ2n) is 4.58. The number of aromatic nitrogens is 1. The molecule has 1 aromatic heterocycles. The summed E-state index contributed by atoms with van der Waals surface area (Å²) in [6, 6.07) is 8.22. The molecule has 0 radical (unpaired) electrons. The average molecular weight is 313 g/mol. The zero-order valence-electron chi connectivity index (χ0n) is 11.6. The molecule has 0 aliphatic rings. The van der Waals surface area contributed by atoms with Crippen molar-refractivity contribution in [2.24, 2.45) is 0 Å². The molecule has 2 aromatic rings. The molecule has 0 saturated carbocycles. The Morgan fingerprint density at radius 3 is 2.62 bits per heavy atom. The number of aryl methyl sites for hydroxylation is 1. The Morgan fingerprint density at radius 2 is 1.95 bits per heavy atom. The van der Waals surface area contributed by atoms with E-state index >= 15 is 0 Å². The van der Waals surface area contributed by atoms with E-state index in [1.54, 1.807) is 24.4 Å². The summed E-state index contributed by atoms with van der Waals surface area (Å²) in [5.41, 5.74) is 2.23. The summed E-state index contributed by atoms with van der Waals surface area (Å²) in [4.78, 5) is 4.01. The first-order chi connectivity index (χ1) is 9.99. The van der Waals surface area contributed by atoms with Gasteiger partial charge in [0.2, 0.25) is 0 Å². The van der Waals surface area contributed by atoms with E-state index in [9.17, 15) is 8.78 Å². The zero-order chi connectivity index (χ0) is 15.4. The van der Waals surface area contributed by atoms with Gasteiger partial charge in [-0.25, -0.2) is 4.98 Å². The highest BCUT2D eigenvalue weighted by Crippen LogP contribution is 2.32. The first kappa shape index (κ1) is 15.5. The van der Waals surface area contributed by atoms with E-state index in [4.69, 9.17) is 11.6 Å². The van der Waals surface area contributed by atoms with Crippen LogP contribution >= 0.6 is 11.6 Å². The van der Waals surface area contributed by atoms with Gasteiger partial charge in [0.05, 0.1) is 11.7 Å². The van der Waals surface area contributed by atoms with Crippen LogP contribution in [0, 0.1) is 6.92 Å². The molecule has 0 fully saturated rings. The summed E-state index contributed by atoms with van der Waals surface area (Å²) in [5, 5.41) is 3.53. The van der Waals surface area contributed by atoms with Gasteiger partial charge in [-0.05, 0) is 31.5 Å². The van der Waals surface area contributed by atoms with E-state index in [1.165, 1.54) is 6.07 Å². The predicted octanol–water partition coefficient (Wildman–Crippen LogP) is 4.82. The van der Waals surface area contributed by atoms with Crippen LogP contribution < -0.4 is 10.1 Å². The molecule has 1 heterocycles. The Bertz CT molecular complexity index is 602. The van der Waals surface area contributed by atoms with Gasteiger partial charge in [-0.15, -0.1) is 0 Å². The van der Waals surface area contributed by atoms with E-state index < -0.39 is 6.61 Å². The first-order valence-electron chi connectivity index (χ1n) is 6.40. The van der Waals surface area contributed by atoms with Gasteiger partial charge < -0.3 is 10.1 Å². The van der Waals surface area contributed by atoms with Gasteiger partial charge in [-0.1, -0.05) is 29.8 Å². The normalized spacial score (nSPS) is 12.3. The van der Waals surface area contributed by atoms with Crippen LogP contribution in [0.1, 0.15) is 24.1 Å². The fourth-order valence-electron chi connectivity index (χ4n) is 2.03. The standard InChI is InChI=1S/C15H15ClF2N2O/c1-9-7-8-19-14(16)13(9)20-10(2)11-5-3-4-6-12(11)21-15(17)18/h3-8,10,15,20H,1-2H3. The molecule has 0 aliphatic heterocycles. The van der Waals surface area contributed by atoms with Crippen molar-refractivity contribution in [3.8, 4) is 5.75 Å². The predicted molar refractivity (Wildman–Crippen MR) is 79.1 cm³/mol. The van der Waals surface area contributed by atoms with E-state index in [0.29, 0.717) is 16.4 Å². The van der Waals surface area contributed by atoms with Crippen LogP contribution in [-0.2, 0) is 0 Å². The number of ether oxygens (including phenoxy) is 1. The van der Waals surface area contributed by atoms with Gasteiger partial charge in [0.15, 0.2) is 5.15 Å². The first-order valence-corrected chi connectivity index (χ1v) is 6.78. The van der Waals surface area contributed by atoms with Gasteiger partial charge in [-0.2, -0.15) is 8.78 Å². The van der Waals surface area contributed by atoms with Crippen LogP contribution in [-0.4, -0.2) is 11.6 Å². The van der Waals surface area contributed by atoms with Gasteiger partial charge in [-0.3, -0.25) is 0 Å². The van der Waals surface area contributed by atoms with Crippen LogP contribution in [0.4, 0.5) is 14.5 Å². The number of rotatable bonds is 5. The van der Waals surface area contributed by atoms with Crippen molar-refractivity contribution >= 4 is 17.3 Å². The number of para-hydroxylation sites is 1. The van der Waals surface area contributed by atoms with Gasteiger partial charge in [0, 0.05) is 11.8 Å². The smallest absolute Gasteiger partial charge is 0.387 e. The van der Waals surface area contributed by atoms with Crippen LogP contribution in [0.15, 0.2) is 36.5 Å². The van der Waals surface area contributed by atoms with Crippen LogP contribution in [0.2, 0.25) is 5.15 Å². The maximum absolute atomic E-state index is 12.4. The summed E-state index contributed by atoms with van der Waals surface area (Å²) in [5.74, 6) is 0.144. The van der Waals surface area contributed by atoms with E-state index in [1.807, 2.05) is 19.9 Å². The Labute approximate surface area is 126 Å². The van der Waals surface area contributed by atoms with E-state index in [-0.39, 0.29) is 11.8 Å². The highest BCUT2D eigenvalue weighted by atomic mass is 35.5. The highest BCUT2D eigenvalue weighted by Gasteiger charge is 2.16. The van der Waals surface area contributed by atoms with E-state index in [0.717, 1.165) is 5.56 Å². The summed E-state index contributed by atoms with van der Waals surface area (Å²) >= 11 is 6.06. The molecule has 1 atom stereocenters. The molecule has 0 amide bonds. The molecule has 21 heavy (non-hydrogen) atoms.